The average Bonchev–Trinajstić information content (AvgIpc) is 2.87. The number of rotatable bonds is 1. The number of carbonyl (C=O) groups is 2. The van der Waals surface area contributed by atoms with Crippen LogP contribution in [0.5, 0.6) is 0 Å². The molecule has 0 fully saturated rings. The van der Waals surface area contributed by atoms with Crippen molar-refractivity contribution in [2.75, 3.05) is 0 Å². The minimum atomic E-state index is -0.367. The summed E-state index contributed by atoms with van der Waals surface area (Å²) >= 11 is 0. The summed E-state index contributed by atoms with van der Waals surface area (Å²) in [5.41, 5.74) is 2.51. The largest absolute Gasteiger partial charge is 0.362 e. The number of benzene rings is 1. The Morgan fingerprint density at radius 1 is 0.889 bits per heavy atom. The van der Waals surface area contributed by atoms with Crippen molar-refractivity contribution in [1.29, 1.82) is 0 Å². The molecule has 0 radical (unpaired) electrons. The molecule has 1 aliphatic rings. The summed E-state index contributed by atoms with van der Waals surface area (Å²) < 4.78 is 0. The van der Waals surface area contributed by atoms with Crippen LogP contribution < -0.4 is 5.32 Å². The zero-order valence-corrected chi connectivity index (χ0v) is 9.44. The fraction of sp³-hybridized carbons (Fsp3) is 0. The van der Waals surface area contributed by atoms with Gasteiger partial charge >= 0.3 is 0 Å². The molecule has 0 bridgehead atoms. The highest BCUT2D eigenvalue weighted by Gasteiger charge is 2.26. The third-order valence-corrected chi connectivity index (χ3v) is 2.86. The van der Waals surface area contributed by atoms with Crippen LogP contribution in [0.3, 0.4) is 0 Å². The van der Waals surface area contributed by atoms with Gasteiger partial charge in [0.1, 0.15) is 0 Å². The second-order valence-electron chi connectivity index (χ2n) is 4.01. The first-order chi connectivity index (χ1) is 8.75. The van der Waals surface area contributed by atoms with Crippen LogP contribution in [0.2, 0.25) is 0 Å². The topological polar surface area (TPSA) is 62.0 Å². The Morgan fingerprint density at radius 3 is 2.39 bits per heavy atom. The number of carbonyl (C=O) groups excluding carboxylic acids is 2. The monoisotopic (exact) mass is 238 g/mol. The molecule has 4 nitrogen and oxygen atoms in total. The van der Waals surface area contributed by atoms with E-state index in [4.69, 9.17) is 0 Å². The van der Waals surface area contributed by atoms with E-state index in [0.29, 0.717) is 16.7 Å². The summed E-state index contributed by atoms with van der Waals surface area (Å²) in [6.45, 7) is 0. The zero-order chi connectivity index (χ0) is 12.5. The fourth-order valence-corrected chi connectivity index (χ4v) is 2.01. The molecule has 18 heavy (non-hydrogen) atoms. The maximum atomic E-state index is 11.9. The lowest BCUT2D eigenvalue weighted by Crippen LogP contribution is -2.36. The third kappa shape index (κ3) is 1.64. The molecule has 2 aromatic rings. The number of aromatic nitrogens is 1. The predicted octanol–water partition coefficient (Wildman–Crippen LogP) is 1.83. The Morgan fingerprint density at radius 2 is 1.67 bits per heavy atom. The lowest BCUT2D eigenvalue weighted by Gasteiger charge is -2.17. The van der Waals surface area contributed by atoms with Crippen LogP contribution in [0.25, 0.3) is 11.6 Å². The van der Waals surface area contributed by atoms with Crippen molar-refractivity contribution < 1.29 is 9.59 Å². The SMILES string of the molecule is O=C1NC(=O)c2ccccc2/C1=C\c1ccc[nH]1. The number of hydrogen-bond acceptors (Lipinski definition) is 2. The second kappa shape index (κ2) is 4.00. The van der Waals surface area contributed by atoms with E-state index < -0.39 is 0 Å². The molecule has 4 heteroatoms. The van der Waals surface area contributed by atoms with Crippen molar-refractivity contribution in [2.45, 2.75) is 0 Å². The molecule has 1 aromatic carbocycles. The van der Waals surface area contributed by atoms with Gasteiger partial charge in [-0.2, -0.15) is 0 Å². The van der Waals surface area contributed by atoms with Gasteiger partial charge in [0.2, 0.25) is 0 Å². The van der Waals surface area contributed by atoms with Crippen LogP contribution in [0.15, 0.2) is 42.6 Å². The maximum absolute atomic E-state index is 11.9. The van der Waals surface area contributed by atoms with Crippen molar-refractivity contribution in [3.05, 3.63) is 59.4 Å². The quantitative estimate of drug-likeness (QED) is 0.588. The first kappa shape index (κ1) is 10.5. The highest BCUT2D eigenvalue weighted by atomic mass is 16.2. The first-order valence-corrected chi connectivity index (χ1v) is 5.56. The van der Waals surface area contributed by atoms with Crippen LogP contribution >= 0.6 is 0 Å². The number of imide groups is 1. The fourth-order valence-electron chi connectivity index (χ4n) is 2.01. The lowest BCUT2D eigenvalue weighted by atomic mass is 9.94. The van der Waals surface area contributed by atoms with E-state index in [2.05, 4.69) is 10.3 Å². The number of hydrogen-bond donors (Lipinski definition) is 2. The van der Waals surface area contributed by atoms with Gasteiger partial charge in [0.25, 0.3) is 11.8 Å². The molecule has 88 valence electrons. The first-order valence-electron chi connectivity index (χ1n) is 5.56. The number of aromatic amines is 1. The smallest absolute Gasteiger partial charge is 0.258 e. The summed E-state index contributed by atoms with van der Waals surface area (Å²) in [5, 5.41) is 2.34. The summed E-state index contributed by atoms with van der Waals surface area (Å²) in [4.78, 5) is 26.6. The molecule has 0 spiro atoms. The molecular formula is C14H10N2O2. The van der Waals surface area contributed by atoms with Crippen LogP contribution in [0, 0.1) is 0 Å². The van der Waals surface area contributed by atoms with Gasteiger partial charge < -0.3 is 4.98 Å². The van der Waals surface area contributed by atoms with Gasteiger partial charge in [-0.1, -0.05) is 18.2 Å². The normalized spacial score (nSPS) is 16.6. The molecule has 2 amide bonds. The van der Waals surface area contributed by atoms with Gasteiger partial charge in [0.05, 0.1) is 0 Å². The van der Waals surface area contributed by atoms with Crippen molar-refractivity contribution in [3.8, 4) is 0 Å². The van der Waals surface area contributed by atoms with Crippen molar-refractivity contribution >= 4 is 23.5 Å². The Bertz CT molecular complexity index is 654. The van der Waals surface area contributed by atoms with Crippen LogP contribution in [0.1, 0.15) is 21.6 Å². The second-order valence-corrected chi connectivity index (χ2v) is 4.01. The van der Waals surface area contributed by atoms with E-state index in [1.165, 1.54) is 0 Å². The van der Waals surface area contributed by atoms with E-state index in [9.17, 15) is 9.59 Å². The standard InChI is InChI=1S/C14H10N2O2/c17-13-11-6-2-1-5-10(11)12(14(18)16-13)8-9-4-3-7-15-9/h1-8,15H,(H,16,17,18)/b12-8+. The Kier molecular flexibility index (Phi) is 2.34. The Labute approximate surface area is 103 Å². The molecule has 2 heterocycles. The molecule has 1 aliphatic heterocycles. The van der Waals surface area contributed by atoms with E-state index in [1.807, 2.05) is 18.2 Å². The number of fused-ring (bicyclic) bond motifs is 1. The van der Waals surface area contributed by atoms with Crippen molar-refractivity contribution in [2.24, 2.45) is 0 Å². The average molecular weight is 238 g/mol. The summed E-state index contributed by atoms with van der Waals surface area (Å²) in [5.74, 6) is -0.715. The van der Waals surface area contributed by atoms with Gasteiger partial charge in [0.15, 0.2) is 0 Å². The van der Waals surface area contributed by atoms with Gasteiger partial charge in [-0.3, -0.25) is 14.9 Å². The Hall–Kier alpha value is -2.62. The third-order valence-electron chi connectivity index (χ3n) is 2.86. The van der Waals surface area contributed by atoms with E-state index >= 15 is 0 Å². The number of nitrogens with one attached hydrogen (secondary N) is 2. The molecule has 0 atom stereocenters. The molecule has 3 rings (SSSR count). The molecule has 0 aliphatic carbocycles. The Balaban J connectivity index is 2.18. The number of amides is 2. The van der Waals surface area contributed by atoms with Gasteiger partial charge in [-0.25, -0.2) is 0 Å². The molecule has 0 saturated carbocycles. The highest BCUT2D eigenvalue weighted by Crippen LogP contribution is 2.25. The summed E-state index contributed by atoms with van der Waals surface area (Å²) in [6.07, 6.45) is 3.52. The van der Waals surface area contributed by atoms with Crippen LogP contribution in [-0.2, 0) is 4.79 Å². The van der Waals surface area contributed by atoms with Gasteiger partial charge in [0, 0.05) is 28.6 Å². The minimum absolute atomic E-state index is 0.348. The minimum Gasteiger partial charge on any atom is -0.362 e. The van der Waals surface area contributed by atoms with Gasteiger partial charge in [-0.05, 0) is 24.3 Å². The van der Waals surface area contributed by atoms with Crippen molar-refractivity contribution in [3.63, 3.8) is 0 Å². The van der Waals surface area contributed by atoms with E-state index in [-0.39, 0.29) is 11.8 Å². The van der Waals surface area contributed by atoms with Crippen molar-refractivity contribution in [1.82, 2.24) is 10.3 Å². The molecule has 1 aromatic heterocycles. The zero-order valence-electron chi connectivity index (χ0n) is 9.44. The molecule has 0 unspecified atom stereocenters. The van der Waals surface area contributed by atoms with Gasteiger partial charge in [-0.15, -0.1) is 0 Å². The van der Waals surface area contributed by atoms with Crippen LogP contribution in [-0.4, -0.2) is 16.8 Å². The number of H-pyrrole nitrogens is 1. The predicted molar refractivity (Wildman–Crippen MR) is 67.6 cm³/mol. The van der Waals surface area contributed by atoms with E-state index in [1.54, 1.807) is 30.5 Å². The molecule has 2 N–H and O–H groups in total. The summed E-state index contributed by atoms with van der Waals surface area (Å²) in [7, 11) is 0. The summed E-state index contributed by atoms with van der Waals surface area (Å²) in [6, 6.07) is 10.8. The highest BCUT2D eigenvalue weighted by molar-refractivity contribution is 6.33. The lowest BCUT2D eigenvalue weighted by molar-refractivity contribution is -0.114. The van der Waals surface area contributed by atoms with E-state index in [0.717, 1.165) is 5.69 Å². The molecular weight excluding hydrogens is 228 g/mol. The maximum Gasteiger partial charge on any atom is 0.258 e. The molecule has 0 saturated heterocycles. The van der Waals surface area contributed by atoms with Crippen LogP contribution in [0.4, 0.5) is 0 Å².